The first-order chi connectivity index (χ1) is 8.52. The Bertz CT molecular complexity index is 519. The van der Waals surface area contributed by atoms with Gasteiger partial charge in [0, 0.05) is 10.0 Å². The van der Waals surface area contributed by atoms with Crippen LogP contribution in [0.2, 0.25) is 0 Å². The van der Waals surface area contributed by atoms with E-state index in [1.54, 1.807) is 0 Å². The van der Waals surface area contributed by atoms with Gasteiger partial charge in [-0.3, -0.25) is 0 Å². The Morgan fingerprint density at radius 3 is 2.67 bits per heavy atom. The monoisotopic (exact) mass is 308 g/mol. The first-order valence-electron chi connectivity index (χ1n) is 6.28. The molecule has 0 aliphatic carbocycles. The highest BCUT2D eigenvalue weighted by Crippen LogP contribution is 2.57. The van der Waals surface area contributed by atoms with Crippen LogP contribution in [0.25, 0.3) is 5.57 Å². The van der Waals surface area contributed by atoms with Gasteiger partial charge in [-0.1, -0.05) is 29.4 Å². The molecule has 1 saturated heterocycles. The quantitative estimate of drug-likeness (QED) is 0.779. The minimum Gasteiger partial charge on any atom is -0.486 e. The molecule has 2 aliphatic rings. The Hall–Kier alpha value is -0.800. The molecule has 0 radical (unpaired) electrons. The SMILES string of the molecule is C=C1c2cc(Br)ccc2OC(C)(CC)C12COC2. The number of ether oxygens (including phenoxy) is 2. The van der Waals surface area contributed by atoms with Crippen LogP contribution in [0.5, 0.6) is 5.75 Å². The van der Waals surface area contributed by atoms with E-state index in [0.717, 1.165) is 27.8 Å². The fraction of sp³-hybridized carbons (Fsp3) is 0.467. The highest BCUT2D eigenvalue weighted by molar-refractivity contribution is 9.10. The summed E-state index contributed by atoms with van der Waals surface area (Å²) in [5.41, 5.74) is 1.98. The number of hydrogen-bond acceptors (Lipinski definition) is 2. The number of rotatable bonds is 1. The Balaban J connectivity index is 2.16. The molecule has 3 heteroatoms. The molecule has 2 aliphatic heterocycles. The molecule has 1 aromatic carbocycles. The van der Waals surface area contributed by atoms with Gasteiger partial charge in [0.15, 0.2) is 0 Å². The van der Waals surface area contributed by atoms with Crippen molar-refractivity contribution >= 4 is 21.5 Å². The van der Waals surface area contributed by atoms with Crippen LogP contribution in [0.3, 0.4) is 0 Å². The second kappa shape index (κ2) is 3.84. The van der Waals surface area contributed by atoms with Gasteiger partial charge in [-0.15, -0.1) is 0 Å². The van der Waals surface area contributed by atoms with Crippen molar-refractivity contribution in [2.24, 2.45) is 5.41 Å². The summed E-state index contributed by atoms with van der Waals surface area (Å²) >= 11 is 3.51. The Morgan fingerprint density at radius 2 is 2.11 bits per heavy atom. The average Bonchev–Trinajstić information content (AvgIpc) is 2.29. The van der Waals surface area contributed by atoms with E-state index in [2.05, 4.69) is 42.4 Å². The molecule has 1 aromatic rings. The van der Waals surface area contributed by atoms with Crippen LogP contribution < -0.4 is 4.74 Å². The maximum absolute atomic E-state index is 6.29. The van der Waals surface area contributed by atoms with Gasteiger partial charge >= 0.3 is 0 Å². The molecule has 1 unspecified atom stereocenters. The molecular formula is C15H17BrO2. The first-order valence-corrected chi connectivity index (χ1v) is 7.08. The topological polar surface area (TPSA) is 18.5 Å². The molecule has 2 nitrogen and oxygen atoms in total. The summed E-state index contributed by atoms with van der Waals surface area (Å²) in [7, 11) is 0. The molecule has 1 atom stereocenters. The van der Waals surface area contributed by atoms with Crippen LogP contribution in [0, 0.1) is 5.41 Å². The van der Waals surface area contributed by atoms with Gasteiger partial charge in [-0.25, -0.2) is 0 Å². The lowest BCUT2D eigenvalue weighted by atomic mass is 9.62. The largest absolute Gasteiger partial charge is 0.486 e. The molecule has 0 N–H and O–H groups in total. The highest BCUT2D eigenvalue weighted by Gasteiger charge is 2.59. The third kappa shape index (κ3) is 1.38. The van der Waals surface area contributed by atoms with Crippen molar-refractivity contribution in [2.75, 3.05) is 13.2 Å². The fourth-order valence-electron chi connectivity index (χ4n) is 2.94. The van der Waals surface area contributed by atoms with E-state index in [0.29, 0.717) is 13.2 Å². The molecule has 0 aromatic heterocycles. The summed E-state index contributed by atoms with van der Waals surface area (Å²) in [6, 6.07) is 6.12. The molecule has 0 amide bonds. The summed E-state index contributed by atoms with van der Waals surface area (Å²) in [4.78, 5) is 0. The molecule has 96 valence electrons. The van der Waals surface area contributed by atoms with Crippen molar-refractivity contribution < 1.29 is 9.47 Å². The molecule has 0 bridgehead atoms. The lowest BCUT2D eigenvalue weighted by molar-refractivity contribution is -0.175. The van der Waals surface area contributed by atoms with Crippen LogP contribution in [-0.4, -0.2) is 18.8 Å². The van der Waals surface area contributed by atoms with Gasteiger partial charge < -0.3 is 9.47 Å². The molecule has 3 rings (SSSR count). The summed E-state index contributed by atoms with van der Waals surface area (Å²) in [6.45, 7) is 10.1. The minimum absolute atomic E-state index is 0.0600. The van der Waals surface area contributed by atoms with E-state index in [9.17, 15) is 0 Å². The summed E-state index contributed by atoms with van der Waals surface area (Å²) in [5.74, 6) is 0.935. The van der Waals surface area contributed by atoms with Gasteiger partial charge in [0.2, 0.25) is 0 Å². The van der Waals surface area contributed by atoms with E-state index in [1.807, 2.05) is 12.1 Å². The third-order valence-electron chi connectivity index (χ3n) is 4.56. The number of halogens is 1. The molecule has 1 fully saturated rings. The zero-order chi connectivity index (χ0) is 13.0. The van der Waals surface area contributed by atoms with Gasteiger partial charge in [0.1, 0.15) is 11.4 Å². The maximum atomic E-state index is 6.29. The zero-order valence-electron chi connectivity index (χ0n) is 10.8. The van der Waals surface area contributed by atoms with Crippen molar-refractivity contribution in [3.63, 3.8) is 0 Å². The van der Waals surface area contributed by atoms with Crippen LogP contribution in [0.1, 0.15) is 25.8 Å². The lowest BCUT2D eigenvalue weighted by Crippen LogP contribution is -2.63. The molecular weight excluding hydrogens is 292 g/mol. The van der Waals surface area contributed by atoms with Crippen molar-refractivity contribution in [1.29, 1.82) is 0 Å². The van der Waals surface area contributed by atoms with Crippen LogP contribution >= 0.6 is 15.9 Å². The predicted octanol–water partition coefficient (Wildman–Crippen LogP) is 4.04. The second-order valence-electron chi connectivity index (χ2n) is 5.38. The fourth-order valence-corrected chi connectivity index (χ4v) is 3.30. The van der Waals surface area contributed by atoms with Crippen molar-refractivity contribution in [3.8, 4) is 5.75 Å². The maximum Gasteiger partial charge on any atom is 0.127 e. The Kier molecular flexibility index (Phi) is 2.62. The van der Waals surface area contributed by atoms with Gasteiger partial charge in [-0.2, -0.15) is 0 Å². The number of hydrogen-bond donors (Lipinski definition) is 0. The van der Waals surface area contributed by atoms with Gasteiger partial charge in [0.05, 0.1) is 18.6 Å². The van der Waals surface area contributed by atoms with Crippen molar-refractivity contribution in [1.82, 2.24) is 0 Å². The molecule has 2 heterocycles. The Morgan fingerprint density at radius 1 is 1.39 bits per heavy atom. The summed E-state index contributed by atoms with van der Waals surface area (Å²) in [6.07, 6.45) is 0.949. The number of benzene rings is 1. The van der Waals surface area contributed by atoms with Crippen molar-refractivity contribution in [2.45, 2.75) is 25.9 Å². The third-order valence-corrected chi connectivity index (χ3v) is 5.06. The summed E-state index contributed by atoms with van der Waals surface area (Å²) in [5, 5.41) is 0. The van der Waals surface area contributed by atoms with Gasteiger partial charge in [0.25, 0.3) is 0 Å². The highest BCUT2D eigenvalue weighted by atomic mass is 79.9. The minimum atomic E-state index is -0.219. The van der Waals surface area contributed by atoms with Crippen LogP contribution in [0.4, 0.5) is 0 Å². The molecule has 1 spiro atoms. The first kappa shape index (κ1) is 12.2. The van der Waals surface area contributed by atoms with Crippen LogP contribution in [0.15, 0.2) is 29.3 Å². The van der Waals surface area contributed by atoms with E-state index >= 15 is 0 Å². The zero-order valence-corrected chi connectivity index (χ0v) is 12.3. The smallest absolute Gasteiger partial charge is 0.127 e. The van der Waals surface area contributed by atoms with Gasteiger partial charge in [-0.05, 0) is 37.1 Å². The standard InChI is InChI=1S/C15H17BrO2/c1-4-14(3)15(8-17-9-15)10(2)12-7-11(16)5-6-13(12)18-14/h5-7H,2,4,8-9H2,1,3H3. The average molecular weight is 309 g/mol. The van der Waals surface area contributed by atoms with Crippen molar-refractivity contribution in [3.05, 3.63) is 34.8 Å². The molecule has 18 heavy (non-hydrogen) atoms. The van der Waals surface area contributed by atoms with E-state index in [1.165, 1.54) is 0 Å². The number of fused-ring (bicyclic) bond motifs is 1. The second-order valence-corrected chi connectivity index (χ2v) is 6.30. The van der Waals surface area contributed by atoms with E-state index < -0.39 is 0 Å². The normalized spacial score (nSPS) is 28.5. The Labute approximate surface area is 116 Å². The lowest BCUT2D eigenvalue weighted by Gasteiger charge is -2.57. The van der Waals surface area contributed by atoms with Crippen LogP contribution in [-0.2, 0) is 4.74 Å². The summed E-state index contributed by atoms with van der Waals surface area (Å²) < 4.78 is 12.8. The van der Waals surface area contributed by atoms with E-state index in [4.69, 9.17) is 9.47 Å². The van der Waals surface area contributed by atoms with E-state index in [-0.39, 0.29) is 11.0 Å². The predicted molar refractivity (Wildman–Crippen MR) is 75.8 cm³/mol. The molecule has 0 saturated carbocycles.